The number of carbonyl (C=O) groups excluding carboxylic acids is 1. The van der Waals surface area contributed by atoms with E-state index in [4.69, 9.17) is 0 Å². The molecule has 0 radical (unpaired) electrons. The minimum Gasteiger partial charge on any atom is -0.481 e. The van der Waals surface area contributed by atoms with Crippen LogP contribution in [0.15, 0.2) is 79.0 Å². The second kappa shape index (κ2) is 8.97. The molecule has 1 amide bonds. The molecule has 0 spiro atoms. The average Bonchev–Trinajstić information content (AvgIpc) is 3.65. The number of carboxylic acid groups (broad SMARTS) is 1. The van der Waals surface area contributed by atoms with Crippen molar-refractivity contribution < 1.29 is 14.7 Å². The van der Waals surface area contributed by atoms with E-state index in [1.807, 2.05) is 79.8 Å². The molecule has 7 heteroatoms. The Kier molecular flexibility index (Phi) is 5.81. The largest absolute Gasteiger partial charge is 0.481 e. The van der Waals surface area contributed by atoms with E-state index in [0.29, 0.717) is 37.2 Å². The monoisotopic (exact) mass is 478 g/mol. The summed E-state index contributed by atoms with van der Waals surface area (Å²) in [5, 5.41) is 26.8. The highest BCUT2D eigenvalue weighted by Crippen LogP contribution is 2.48. The van der Waals surface area contributed by atoms with E-state index >= 15 is 0 Å². The number of nitriles is 1. The molecule has 2 N–H and O–H groups in total. The summed E-state index contributed by atoms with van der Waals surface area (Å²) in [6, 6.07) is 17.3. The van der Waals surface area contributed by atoms with Gasteiger partial charge >= 0.3 is 5.97 Å². The summed E-state index contributed by atoms with van der Waals surface area (Å²) in [5.41, 5.74) is 2.05. The first kappa shape index (κ1) is 23.3. The standard InChI is InChI=1S/C29H26N4O3/c1-2-28(14-6-3-7-15-28)26(34)32-25-21(18-30)19-31-33(25)24-9-5-4-8-23(24)20-10-12-22(13-11-20)29(16-17-29)27(35)36/h3-14,19H,2,15-17H2,1H3,(H,32,34)(H,35,36). The highest BCUT2D eigenvalue weighted by Gasteiger charge is 2.51. The summed E-state index contributed by atoms with van der Waals surface area (Å²) >= 11 is 0. The van der Waals surface area contributed by atoms with E-state index in [1.54, 1.807) is 4.68 Å². The van der Waals surface area contributed by atoms with Gasteiger partial charge in [-0.25, -0.2) is 4.68 Å². The Morgan fingerprint density at radius 3 is 2.50 bits per heavy atom. The number of amides is 1. The number of hydrogen-bond donors (Lipinski definition) is 2. The number of aliphatic carboxylic acids is 1. The van der Waals surface area contributed by atoms with Gasteiger partial charge in [-0.3, -0.25) is 9.59 Å². The average molecular weight is 479 g/mol. The molecule has 1 saturated carbocycles. The van der Waals surface area contributed by atoms with Gasteiger partial charge in [0.05, 0.1) is 22.7 Å². The van der Waals surface area contributed by atoms with Crippen LogP contribution in [0.5, 0.6) is 0 Å². The Balaban J connectivity index is 1.52. The van der Waals surface area contributed by atoms with Crippen LogP contribution in [0.1, 0.15) is 43.7 Å². The normalized spacial score (nSPS) is 19.4. The summed E-state index contributed by atoms with van der Waals surface area (Å²) in [5.74, 6) is -0.649. The molecule has 1 aromatic heterocycles. The SMILES string of the molecule is CCC1(C(=O)Nc2c(C#N)cnn2-c2ccccc2-c2ccc(C3(C(=O)O)CC3)cc2)C=CC=CC1. The van der Waals surface area contributed by atoms with E-state index in [-0.39, 0.29) is 11.5 Å². The number of aromatic nitrogens is 2. The van der Waals surface area contributed by atoms with Gasteiger partial charge in [0.1, 0.15) is 11.6 Å². The van der Waals surface area contributed by atoms with Crippen LogP contribution in [0.25, 0.3) is 16.8 Å². The molecule has 0 bridgehead atoms. The molecule has 2 aromatic carbocycles. The molecule has 2 aliphatic carbocycles. The number of allylic oxidation sites excluding steroid dienone is 3. The molecule has 1 fully saturated rings. The molecule has 1 heterocycles. The van der Waals surface area contributed by atoms with Crippen LogP contribution >= 0.6 is 0 Å². The number of hydrogen-bond acceptors (Lipinski definition) is 4. The number of para-hydroxylation sites is 1. The zero-order valence-corrected chi connectivity index (χ0v) is 19.9. The van der Waals surface area contributed by atoms with Crippen LogP contribution in [0.4, 0.5) is 5.82 Å². The van der Waals surface area contributed by atoms with Crippen LogP contribution in [0, 0.1) is 16.7 Å². The molecule has 1 unspecified atom stereocenters. The first-order valence-electron chi connectivity index (χ1n) is 12.0. The third kappa shape index (κ3) is 3.81. The first-order chi connectivity index (χ1) is 17.4. The quantitative estimate of drug-likeness (QED) is 0.474. The number of anilines is 1. The molecule has 2 aliphatic rings. The van der Waals surface area contributed by atoms with Crippen LogP contribution in [0.2, 0.25) is 0 Å². The van der Waals surface area contributed by atoms with E-state index in [1.165, 1.54) is 6.20 Å². The van der Waals surface area contributed by atoms with Crippen LogP contribution in [0.3, 0.4) is 0 Å². The van der Waals surface area contributed by atoms with Gasteiger partial charge in [-0.05, 0) is 42.9 Å². The number of carboxylic acids is 1. The minimum absolute atomic E-state index is 0.186. The van der Waals surface area contributed by atoms with Crippen molar-refractivity contribution >= 4 is 17.7 Å². The molecule has 3 aromatic rings. The van der Waals surface area contributed by atoms with Gasteiger partial charge in [-0.2, -0.15) is 10.4 Å². The lowest BCUT2D eigenvalue weighted by Crippen LogP contribution is -2.35. The van der Waals surface area contributed by atoms with Crippen LogP contribution in [-0.2, 0) is 15.0 Å². The molecule has 180 valence electrons. The summed E-state index contributed by atoms with van der Waals surface area (Å²) in [6.07, 6.45) is 11.6. The van der Waals surface area contributed by atoms with E-state index in [9.17, 15) is 20.0 Å². The molecule has 36 heavy (non-hydrogen) atoms. The van der Waals surface area contributed by atoms with Crippen LogP contribution < -0.4 is 5.32 Å². The van der Waals surface area contributed by atoms with Crippen molar-refractivity contribution in [2.45, 2.75) is 38.0 Å². The van der Waals surface area contributed by atoms with Crippen molar-refractivity contribution in [3.63, 3.8) is 0 Å². The number of benzene rings is 2. The lowest BCUT2D eigenvalue weighted by Gasteiger charge is -2.28. The molecule has 0 aliphatic heterocycles. The first-order valence-corrected chi connectivity index (χ1v) is 12.0. The van der Waals surface area contributed by atoms with Gasteiger partial charge in [0.15, 0.2) is 5.82 Å². The molecule has 1 atom stereocenters. The van der Waals surface area contributed by atoms with E-state index < -0.39 is 16.8 Å². The number of rotatable bonds is 7. The van der Waals surface area contributed by atoms with Gasteiger partial charge in [0.25, 0.3) is 0 Å². The highest BCUT2D eigenvalue weighted by atomic mass is 16.4. The fraction of sp³-hybridized carbons (Fsp3) is 0.241. The van der Waals surface area contributed by atoms with Crippen molar-refractivity contribution in [2.75, 3.05) is 5.32 Å². The number of nitrogens with one attached hydrogen (secondary N) is 1. The maximum absolute atomic E-state index is 13.4. The predicted molar refractivity (Wildman–Crippen MR) is 137 cm³/mol. The number of carbonyl (C=O) groups is 2. The number of nitrogens with zero attached hydrogens (tertiary/aromatic N) is 3. The van der Waals surface area contributed by atoms with Gasteiger partial charge < -0.3 is 10.4 Å². The molecule has 7 nitrogen and oxygen atoms in total. The summed E-state index contributed by atoms with van der Waals surface area (Å²) in [6.45, 7) is 1.97. The zero-order valence-electron chi connectivity index (χ0n) is 19.9. The van der Waals surface area contributed by atoms with Crippen molar-refractivity contribution in [1.29, 1.82) is 5.26 Å². The Bertz CT molecular complexity index is 1440. The van der Waals surface area contributed by atoms with Gasteiger partial charge in [0, 0.05) is 5.56 Å². The van der Waals surface area contributed by atoms with E-state index in [2.05, 4.69) is 16.5 Å². The fourth-order valence-electron chi connectivity index (χ4n) is 4.84. The van der Waals surface area contributed by atoms with Gasteiger partial charge in [-0.15, -0.1) is 0 Å². The third-order valence-corrected chi connectivity index (χ3v) is 7.39. The second-order valence-corrected chi connectivity index (χ2v) is 9.37. The maximum atomic E-state index is 13.4. The maximum Gasteiger partial charge on any atom is 0.314 e. The topological polar surface area (TPSA) is 108 Å². The summed E-state index contributed by atoms with van der Waals surface area (Å²) < 4.78 is 1.59. The predicted octanol–water partition coefficient (Wildman–Crippen LogP) is 5.38. The van der Waals surface area contributed by atoms with Gasteiger partial charge in [0.2, 0.25) is 5.91 Å². The second-order valence-electron chi connectivity index (χ2n) is 9.37. The van der Waals surface area contributed by atoms with Crippen molar-refractivity contribution in [2.24, 2.45) is 5.41 Å². The lowest BCUT2D eigenvalue weighted by molar-refractivity contribution is -0.140. The molecule has 0 saturated heterocycles. The summed E-state index contributed by atoms with van der Waals surface area (Å²) in [7, 11) is 0. The molecular weight excluding hydrogens is 452 g/mol. The highest BCUT2D eigenvalue weighted by molar-refractivity contribution is 5.97. The minimum atomic E-state index is -0.787. The fourth-order valence-corrected chi connectivity index (χ4v) is 4.84. The lowest BCUT2D eigenvalue weighted by atomic mass is 9.78. The smallest absolute Gasteiger partial charge is 0.314 e. The van der Waals surface area contributed by atoms with Gasteiger partial charge in [-0.1, -0.05) is 73.7 Å². The van der Waals surface area contributed by atoms with Crippen molar-refractivity contribution in [3.05, 3.63) is 90.2 Å². The van der Waals surface area contributed by atoms with Crippen LogP contribution in [-0.4, -0.2) is 26.8 Å². The Hall–Kier alpha value is -4.44. The summed E-state index contributed by atoms with van der Waals surface area (Å²) in [4.78, 5) is 25.1. The van der Waals surface area contributed by atoms with Crippen molar-refractivity contribution in [1.82, 2.24) is 9.78 Å². The Labute approximate surface area is 209 Å². The molecular formula is C29H26N4O3. The third-order valence-electron chi connectivity index (χ3n) is 7.39. The van der Waals surface area contributed by atoms with Crippen molar-refractivity contribution in [3.8, 4) is 22.9 Å². The van der Waals surface area contributed by atoms with E-state index in [0.717, 1.165) is 16.7 Å². The Morgan fingerprint density at radius 1 is 1.14 bits per heavy atom. The Morgan fingerprint density at radius 2 is 1.89 bits per heavy atom. The zero-order chi connectivity index (χ0) is 25.3. The molecule has 5 rings (SSSR count).